The van der Waals surface area contributed by atoms with Crippen LogP contribution >= 0.6 is 0 Å². The molecule has 2 aromatic carbocycles. The number of tetrazole rings is 1. The van der Waals surface area contributed by atoms with Crippen molar-refractivity contribution in [3.05, 3.63) is 90.4 Å². The third kappa shape index (κ3) is 3.48. The van der Waals surface area contributed by atoms with Gasteiger partial charge in [-0.3, -0.25) is 0 Å². The Morgan fingerprint density at radius 3 is 2.29 bits per heavy atom. The van der Waals surface area contributed by atoms with Crippen molar-refractivity contribution >= 4 is 0 Å². The minimum Gasteiger partial charge on any atom is -0.508 e. The Labute approximate surface area is 179 Å². The number of hydrogen-bond acceptors (Lipinski definition) is 5. The Morgan fingerprint density at radius 1 is 0.903 bits per heavy atom. The molecule has 0 aliphatic carbocycles. The Balaban J connectivity index is 1.59. The van der Waals surface area contributed by atoms with Gasteiger partial charge in [0.2, 0.25) is 0 Å². The van der Waals surface area contributed by atoms with E-state index in [1.165, 1.54) is 0 Å². The van der Waals surface area contributed by atoms with E-state index in [0.717, 1.165) is 40.0 Å². The van der Waals surface area contributed by atoms with Gasteiger partial charge < -0.3 is 14.2 Å². The van der Waals surface area contributed by atoms with Crippen LogP contribution in [0.3, 0.4) is 0 Å². The summed E-state index contributed by atoms with van der Waals surface area (Å²) in [7, 11) is 1.83. The van der Waals surface area contributed by atoms with Crippen molar-refractivity contribution in [1.82, 2.24) is 34.3 Å². The number of rotatable bonds is 5. The number of phenols is 1. The maximum atomic E-state index is 9.75. The number of nitrogens with zero attached hydrogens (tertiary/aromatic N) is 7. The molecule has 5 rings (SSSR count). The molecule has 0 atom stereocenters. The number of aromatic hydroxyl groups is 1. The Hall–Kier alpha value is -4.20. The van der Waals surface area contributed by atoms with Gasteiger partial charge >= 0.3 is 0 Å². The highest BCUT2D eigenvalue weighted by molar-refractivity contribution is 5.66. The number of hydrogen-bond donors (Lipinski definition) is 1. The van der Waals surface area contributed by atoms with Gasteiger partial charge in [0.05, 0.1) is 12.1 Å². The van der Waals surface area contributed by atoms with E-state index in [2.05, 4.69) is 66.0 Å². The summed E-state index contributed by atoms with van der Waals surface area (Å²) in [4.78, 5) is 4.30. The highest BCUT2D eigenvalue weighted by atomic mass is 16.3. The SMILES string of the molecule is Cc1nccn1-c1ccc(-c2ccc(Cc3nnnn3C)n2-c2ccc(O)cc2)cc1. The molecule has 0 saturated carbocycles. The van der Waals surface area contributed by atoms with Crippen molar-refractivity contribution in [2.75, 3.05) is 0 Å². The van der Waals surface area contributed by atoms with Gasteiger partial charge in [-0.15, -0.1) is 5.10 Å². The zero-order valence-electron chi connectivity index (χ0n) is 17.2. The van der Waals surface area contributed by atoms with Crippen molar-refractivity contribution in [3.8, 4) is 28.4 Å². The minimum absolute atomic E-state index is 0.233. The third-order valence-electron chi connectivity index (χ3n) is 5.38. The summed E-state index contributed by atoms with van der Waals surface area (Å²) in [5, 5.41) is 21.6. The van der Waals surface area contributed by atoms with E-state index >= 15 is 0 Å². The van der Waals surface area contributed by atoms with E-state index in [-0.39, 0.29) is 5.75 Å². The maximum Gasteiger partial charge on any atom is 0.156 e. The van der Waals surface area contributed by atoms with Crippen LogP contribution < -0.4 is 0 Å². The van der Waals surface area contributed by atoms with Crippen molar-refractivity contribution in [2.24, 2.45) is 7.05 Å². The molecule has 0 bridgehead atoms. The van der Waals surface area contributed by atoms with Crippen molar-refractivity contribution in [2.45, 2.75) is 13.3 Å². The van der Waals surface area contributed by atoms with Crippen LogP contribution in [0.4, 0.5) is 0 Å². The summed E-state index contributed by atoms with van der Waals surface area (Å²) in [5.41, 5.74) is 5.19. The fraction of sp³-hybridized carbons (Fsp3) is 0.130. The first-order chi connectivity index (χ1) is 15.1. The van der Waals surface area contributed by atoms with E-state index in [4.69, 9.17) is 0 Å². The molecule has 3 heterocycles. The fourth-order valence-corrected chi connectivity index (χ4v) is 3.75. The Kier molecular flexibility index (Phi) is 4.59. The molecule has 8 nitrogen and oxygen atoms in total. The second-order valence-electron chi connectivity index (χ2n) is 7.35. The van der Waals surface area contributed by atoms with Gasteiger partial charge in [-0.1, -0.05) is 12.1 Å². The van der Waals surface area contributed by atoms with E-state index in [1.807, 2.05) is 32.3 Å². The van der Waals surface area contributed by atoms with Crippen LogP contribution in [-0.2, 0) is 13.5 Å². The minimum atomic E-state index is 0.233. The van der Waals surface area contributed by atoms with Gasteiger partial charge in [0.25, 0.3) is 0 Å². The first kappa shape index (κ1) is 18.8. The number of phenolic OH excluding ortho intramolecular Hbond substituents is 1. The lowest BCUT2D eigenvalue weighted by atomic mass is 10.1. The van der Waals surface area contributed by atoms with E-state index in [9.17, 15) is 5.11 Å². The summed E-state index contributed by atoms with van der Waals surface area (Å²) in [6, 6.07) is 19.8. The van der Waals surface area contributed by atoms with Gasteiger partial charge in [-0.2, -0.15) is 0 Å². The summed E-state index contributed by atoms with van der Waals surface area (Å²) in [6.07, 6.45) is 4.33. The molecule has 0 radical (unpaired) electrons. The average Bonchev–Trinajstić information content (AvgIpc) is 3.50. The van der Waals surface area contributed by atoms with Crippen LogP contribution in [0.2, 0.25) is 0 Å². The van der Waals surface area contributed by atoms with Crippen LogP contribution in [-0.4, -0.2) is 39.4 Å². The Morgan fingerprint density at radius 2 is 1.65 bits per heavy atom. The molecule has 0 amide bonds. The molecule has 154 valence electrons. The number of imidazole rings is 1. The summed E-state index contributed by atoms with van der Waals surface area (Å²) < 4.78 is 5.90. The molecule has 3 aromatic heterocycles. The van der Waals surface area contributed by atoms with E-state index in [1.54, 1.807) is 23.0 Å². The second-order valence-corrected chi connectivity index (χ2v) is 7.35. The number of aromatic nitrogens is 7. The summed E-state index contributed by atoms with van der Waals surface area (Å²) in [6.45, 7) is 1.98. The molecule has 0 aliphatic rings. The normalized spacial score (nSPS) is 11.2. The zero-order chi connectivity index (χ0) is 21.4. The molecule has 8 heteroatoms. The highest BCUT2D eigenvalue weighted by Crippen LogP contribution is 2.29. The van der Waals surface area contributed by atoms with Crippen LogP contribution in [0.5, 0.6) is 5.75 Å². The standard InChI is InChI=1S/C23H21N7O/c1-16-24-13-14-29(16)18-5-3-17(4-6-18)22-12-9-20(15-23-25-26-27-28(23)2)30(22)19-7-10-21(31)11-8-19/h3-14,31H,15H2,1-2H3. The Bertz CT molecular complexity index is 1330. The van der Waals surface area contributed by atoms with E-state index in [0.29, 0.717) is 6.42 Å². The molecule has 31 heavy (non-hydrogen) atoms. The van der Waals surface area contributed by atoms with Crippen LogP contribution in [0.25, 0.3) is 22.6 Å². The van der Waals surface area contributed by atoms with Crippen molar-refractivity contribution < 1.29 is 5.11 Å². The predicted molar refractivity (Wildman–Crippen MR) is 116 cm³/mol. The number of benzene rings is 2. The van der Waals surface area contributed by atoms with E-state index < -0.39 is 0 Å². The van der Waals surface area contributed by atoms with Crippen LogP contribution in [0.15, 0.2) is 73.1 Å². The maximum absolute atomic E-state index is 9.75. The van der Waals surface area contributed by atoms with Gasteiger partial charge in [0.1, 0.15) is 11.6 Å². The first-order valence-corrected chi connectivity index (χ1v) is 9.92. The molecule has 5 aromatic rings. The molecular weight excluding hydrogens is 390 g/mol. The van der Waals surface area contributed by atoms with Crippen LogP contribution in [0.1, 0.15) is 17.3 Å². The van der Waals surface area contributed by atoms with Gasteiger partial charge in [-0.05, 0) is 71.4 Å². The lowest BCUT2D eigenvalue weighted by molar-refractivity contribution is 0.475. The summed E-state index contributed by atoms with van der Waals surface area (Å²) >= 11 is 0. The van der Waals surface area contributed by atoms with Crippen LogP contribution in [0, 0.1) is 6.92 Å². The average molecular weight is 411 g/mol. The third-order valence-corrected chi connectivity index (χ3v) is 5.38. The zero-order valence-corrected chi connectivity index (χ0v) is 17.2. The quantitative estimate of drug-likeness (QED) is 0.479. The molecular formula is C23H21N7O. The largest absolute Gasteiger partial charge is 0.508 e. The number of aryl methyl sites for hydroxylation is 2. The van der Waals surface area contributed by atoms with Crippen molar-refractivity contribution in [3.63, 3.8) is 0 Å². The predicted octanol–water partition coefficient (Wildman–Crippen LogP) is 3.46. The molecule has 0 fully saturated rings. The molecule has 1 N–H and O–H groups in total. The molecule has 0 aliphatic heterocycles. The van der Waals surface area contributed by atoms with Gasteiger partial charge in [0.15, 0.2) is 5.82 Å². The van der Waals surface area contributed by atoms with Gasteiger partial charge in [0, 0.05) is 36.5 Å². The second kappa shape index (κ2) is 7.56. The summed E-state index contributed by atoms with van der Waals surface area (Å²) in [5.74, 6) is 1.95. The lowest BCUT2D eigenvalue weighted by Crippen LogP contribution is -2.07. The topological polar surface area (TPSA) is 86.6 Å². The highest BCUT2D eigenvalue weighted by Gasteiger charge is 2.15. The molecule has 0 spiro atoms. The lowest BCUT2D eigenvalue weighted by Gasteiger charge is -2.15. The smallest absolute Gasteiger partial charge is 0.156 e. The monoisotopic (exact) mass is 411 g/mol. The first-order valence-electron chi connectivity index (χ1n) is 9.92. The van der Waals surface area contributed by atoms with Gasteiger partial charge in [-0.25, -0.2) is 9.67 Å². The fourth-order valence-electron chi connectivity index (χ4n) is 3.75. The molecule has 0 saturated heterocycles. The van der Waals surface area contributed by atoms with Crippen molar-refractivity contribution in [1.29, 1.82) is 0 Å². The molecule has 0 unspecified atom stereocenters.